The Morgan fingerprint density at radius 1 is 1.14 bits per heavy atom. The van der Waals surface area contributed by atoms with Crippen LogP contribution in [0.15, 0.2) is 56.8 Å². The minimum absolute atomic E-state index is 0.394. The second kappa shape index (κ2) is 6.61. The van der Waals surface area contributed by atoms with Crippen LogP contribution in [0.2, 0.25) is 5.02 Å². The Morgan fingerprint density at radius 2 is 2.00 bits per heavy atom. The van der Waals surface area contributed by atoms with E-state index in [4.69, 9.17) is 16.0 Å². The highest BCUT2D eigenvalue weighted by Crippen LogP contribution is 2.29. The lowest BCUT2D eigenvalue weighted by Crippen LogP contribution is -2.01. The van der Waals surface area contributed by atoms with E-state index >= 15 is 0 Å². The third-order valence-electron chi connectivity index (χ3n) is 4.57. The quantitative estimate of drug-likeness (QED) is 0.338. The van der Waals surface area contributed by atoms with Gasteiger partial charge in [-0.1, -0.05) is 41.6 Å². The molecule has 0 aliphatic carbocycles. The molecule has 5 aromatic rings. The molecule has 0 radical (unpaired) electrons. The van der Waals surface area contributed by atoms with Crippen LogP contribution in [0.25, 0.3) is 33.0 Å². The number of fused-ring (bicyclic) bond motifs is 4. The van der Waals surface area contributed by atoms with Gasteiger partial charge in [-0.2, -0.15) is 0 Å². The molecule has 28 heavy (non-hydrogen) atoms. The highest BCUT2D eigenvalue weighted by Gasteiger charge is 2.12. The van der Waals surface area contributed by atoms with Gasteiger partial charge in [0.2, 0.25) is 5.16 Å². The van der Waals surface area contributed by atoms with Crippen molar-refractivity contribution in [2.45, 2.75) is 17.8 Å². The molecule has 3 aromatic heterocycles. The second-order valence-corrected chi connectivity index (χ2v) is 7.79. The Bertz CT molecular complexity index is 1430. The van der Waals surface area contributed by atoms with Crippen LogP contribution in [0.4, 0.5) is 0 Å². The number of H-pyrrole nitrogens is 1. The molecule has 0 aliphatic heterocycles. The number of thioether (sulfide) groups is 1. The molecule has 0 amide bonds. The van der Waals surface area contributed by atoms with E-state index in [1.165, 1.54) is 17.8 Å². The van der Waals surface area contributed by atoms with Crippen LogP contribution in [0, 0.1) is 6.92 Å². The summed E-state index contributed by atoms with van der Waals surface area (Å²) >= 11 is 7.66. The number of halogens is 1. The van der Waals surface area contributed by atoms with Gasteiger partial charge in [-0.25, -0.2) is 9.78 Å². The maximum Gasteiger partial charge on any atom is 0.336 e. The number of rotatable bonds is 3. The van der Waals surface area contributed by atoms with Gasteiger partial charge in [-0.3, -0.25) is 0 Å². The van der Waals surface area contributed by atoms with Crippen LogP contribution >= 0.6 is 23.4 Å². The van der Waals surface area contributed by atoms with Gasteiger partial charge >= 0.3 is 5.63 Å². The lowest BCUT2D eigenvalue weighted by Gasteiger charge is -2.06. The van der Waals surface area contributed by atoms with Gasteiger partial charge in [0, 0.05) is 33.1 Å². The van der Waals surface area contributed by atoms with E-state index < -0.39 is 5.63 Å². The molecule has 1 N–H and O–H groups in total. The first-order valence-electron chi connectivity index (χ1n) is 8.55. The van der Waals surface area contributed by atoms with E-state index in [0.29, 0.717) is 27.2 Å². The zero-order chi connectivity index (χ0) is 19.3. The number of nitrogens with one attached hydrogen (secondary N) is 1. The fourth-order valence-corrected chi connectivity index (χ4v) is 4.12. The Balaban J connectivity index is 1.51. The highest BCUT2D eigenvalue weighted by atomic mass is 35.5. The van der Waals surface area contributed by atoms with Crippen molar-refractivity contribution in [1.29, 1.82) is 0 Å². The van der Waals surface area contributed by atoms with Crippen LogP contribution in [0.5, 0.6) is 0 Å². The minimum atomic E-state index is -0.394. The average molecular weight is 409 g/mol. The highest BCUT2D eigenvalue weighted by molar-refractivity contribution is 7.98. The first-order valence-corrected chi connectivity index (χ1v) is 9.92. The zero-order valence-corrected chi connectivity index (χ0v) is 16.3. The van der Waals surface area contributed by atoms with E-state index in [1.807, 2.05) is 37.3 Å². The molecule has 8 heteroatoms. The van der Waals surface area contributed by atoms with Crippen molar-refractivity contribution in [1.82, 2.24) is 20.2 Å². The number of benzene rings is 2. The topological polar surface area (TPSA) is 84.7 Å². The van der Waals surface area contributed by atoms with Crippen molar-refractivity contribution in [3.8, 4) is 0 Å². The molecule has 0 saturated carbocycles. The Morgan fingerprint density at radius 3 is 2.89 bits per heavy atom. The van der Waals surface area contributed by atoms with Gasteiger partial charge in [-0.05, 0) is 36.2 Å². The predicted molar refractivity (Wildman–Crippen MR) is 111 cm³/mol. The van der Waals surface area contributed by atoms with Gasteiger partial charge in [0.05, 0.1) is 0 Å². The molecule has 0 saturated heterocycles. The summed E-state index contributed by atoms with van der Waals surface area (Å²) in [6.45, 7) is 1.87. The summed E-state index contributed by atoms with van der Waals surface area (Å²) in [5.41, 5.74) is 4.21. The SMILES string of the molecule is Cc1cc2oc(=O)cc(CSc3nnc4c(n3)[nH]c3ccccc34)c2cc1Cl. The number of para-hydroxylation sites is 1. The van der Waals surface area contributed by atoms with Crippen molar-refractivity contribution >= 4 is 56.4 Å². The van der Waals surface area contributed by atoms with E-state index in [1.54, 1.807) is 6.07 Å². The van der Waals surface area contributed by atoms with Crippen molar-refractivity contribution in [3.05, 3.63) is 69.0 Å². The normalized spacial score (nSPS) is 11.6. The summed E-state index contributed by atoms with van der Waals surface area (Å²) in [5, 5.41) is 11.5. The Hall–Kier alpha value is -2.90. The number of aryl methyl sites for hydroxylation is 1. The van der Waals surface area contributed by atoms with Gasteiger partial charge in [0.1, 0.15) is 11.1 Å². The third-order valence-corrected chi connectivity index (χ3v) is 5.86. The fraction of sp³-hybridized carbons (Fsp3) is 0.100. The van der Waals surface area contributed by atoms with Gasteiger partial charge < -0.3 is 9.40 Å². The van der Waals surface area contributed by atoms with E-state index in [2.05, 4.69) is 20.2 Å². The first kappa shape index (κ1) is 17.2. The lowest BCUT2D eigenvalue weighted by molar-refractivity contribution is 0.559. The van der Waals surface area contributed by atoms with Crippen LogP contribution in [0.3, 0.4) is 0 Å². The number of aromatic nitrogens is 4. The summed E-state index contributed by atoms with van der Waals surface area (Å²) in [4.78, 5) is 19.8. The van der Waals surface area contributed by atoms with Crippen molar-refractivity contribution in [3.63, 3.8) is 0 Å². The van der Waals surface area contributed by atoms with Crippen molar-refractivity contribution in [2.24, 2.45) is 0 Å². The van der Waals surface area contributed by atoms with Crippen molar-refractivity contribution < 1.29 is 4.42 Å². The molecule has 0 unspecified atom stereocenters. The van der Waals surface area contributed by atoms with Crippen molar-refractivity contribution in [2.75, 3.05) is 0 Å². The molecule has 0 aliphatic rings. The molecule has 0 spiro atoms. The third kappa shape index (κ3) is 2.93. The Labute approximate surface area is 167 Å². The molecule has 0 atom stereocenters. The molecule has 0 fully saturated rings. The maximum atomic E-state index is 11.9. The summed E-state index contributed by atoms with van der Waals surface area (Å²) in [5.74, 6) is 0.495. The Kier molecular flexibility index (Phi) is 4.07. The fourth-order valence-electron chi connectivity index (χ4n) is 3.18. The number of nitrogens with zero attached hydrogens (tertiary/aromatic N) is 3. The molecule has 0 bridgehead atoms. The summed E-state index contributed by atoms with van der Waals surface area (Å²) < 4.78 is 5.31. The summed E-state index contributed by atoms with van der Waals surface area (Å²) in [6.07, 6.45) is 0. The number of hydrogen-bond acceptors (Lipinski definition) is 6. The summed E-state index contributed by atoms with van der Waals surface area (Å²) in [7, 11) is 0. The second-order valence-electron chi connectivity index (χ2n) is 6.44. The predicted octanol–water partition coefficient (Wildman–Crippen LogP) is 4.87. The smallest absolute Gasteiger partial charge is 0.336 e. The minimum Gasteiger partial charge on any atom is -0.423 e. The van der Waals surface area contributed by atoms with Crippen LogP contribution in [-0.4, -0.2) is 20.2 Å². The molecule has 2 aromatic carbocycles. The van der Waals surface area contributed by atoms with E-state index in [9.17, 15) is 4.79 Å². The molecular weight excluding hydrogens is 396 g/mol. The standard InChI is InChI=1S/C20H13ClN4O2S/c1-10-6-16-13(8-14(10)21)11(7-17(26)27-16)9-28-20-23-19-18(24-25-20)12-4-2-3-5-15(12)22-19/h2-8H,9H2,1H3,(H,22,23,25). The van der Waals surface area contributed by atoms with Crippen LogP contribution < -0.4 is 5.63 Å². The molecule has 5 rings (SSSR count). The summed E-state index contributed by atoms with van der Waals surface area (Å²) in [6, 6.07) is 13.0. The van der Waals surface area contributed by atoms with Gasteiger partial charge in [0.25, 0.3) is 0 Å². The van der Waals surface area contributed by atoms with E-state index in [0.717, 1.165) is 32.9 Å². The molecular formula is C20H13ClN4O2S. The monoisotopic (exact) mass is 408 g/mol. The van der Waals surface area contributed by atoms with Crippen LogP contribution in [0.1, 0.15) is 11.1 Å². The number of hydrogen-bond donors (Lipinski definition) is 1. The first-order chi connectivity index (χ1) is 13.6. The largest absolute Gasteiger partial charge is 0.423 e. The molecule has 138 valence electrons. The zero-order valence-electron chi connectivity index (χ0n) is 14.7. The van der Waals surface area contributed by atoms with Crippen LogP contribution in [-0.2, 0) is 5.75 Å². The molecule has 6 nitrogen and oxygen atoms in total. The maximum absolute atomic E-state index is 11.9. The van der Waals surface area contributed by atoms with E-state index in [-0.39, 0.29) is 0 Å². The number of aromatic amines is 1. The lowest BCUT2D eigenvalue weighted by atomic mass is 10.1. The van der Waals surface area contributed by atoms with Gasteiger partial charge in [0.15, 0.2) is 5.65 Å². The molecule has 3 heterocycles. The van der Waals surface area contributed by atoms with Gasteiger partial charge in [-0.15, -0.1) is 10.2 Å². The average Bonchev–Trinajstić information content (AvgIpc) is 3.05.